The van der Waals surface area contributed by atoms with Gasteiger partial charge in [-0.3, -0.25) is 4.98 Å². The Morgan fingerprint density at radius 1 is 1.15 bits per heavy atom. The fraction of sp³-hybridized carbons (Fsp3) is 0.471. The van der Waals surface area contributed by atoms with E-state index in [4.69, 9.17) is 11.6 Å². The average molecular weight is 291 g/mol. The summed E-state index contributed by atoms with van der Waals surface area (Å²) in [6.07, 6.45) is 4.16. The number of aromatic nitrogens is 1. The first kappa shape index (κ1) is 15.3. The molecule has 2 nitrogen and oxygen atoms in total. The number of hydrogen-bond donors (Lipinski definition) is 1. The Morgan fingerprint density at radius 2 is 1.90 bits per heavy atom. The number of benzene rings is 1. The third kappa shape index (κ3) is 3.71. The highest BCUT2D eigenvalue weighted by Crippen LogP contribution is 2.19. The molecule has 0 radical (unpaired) electrons. The minimum atomic E-state index is 0.207. The lowest BCUT2D eigenvalue weighted by Gasteiger charge is -2.19. The summed E-state index contributed by atoms with van der Waals surface area (Å²) >= 11 is 6.46. The van der Waals surface area contributed by atoms with Gasteiger partial charge in [0.25, 0.3) is 0 Å². The van der Waals surface area contributed by atoms with Gasteiger partial charge in [0.2, 0.25) is 0 Å². The second-order valence-electron chi connectivity index (χ2n) is 5.21. The molecule has 20 heavy (non-hydrogen) atoms. The summed E-state index contributed by atoms with van der Waals surface area (Å²) in [7, 11) is 0. The van der Waals surface area contributed by atoms with Crippen LogP contribution in [0.3, 0.4) is 0 Å². The number of nitrogens with one attached hydrogen (secondary N) is 1. The standard InChI is InChI=1S/C17H23ClN2/c1-3-13(4-2)16(18)12-19-11-14-9-10-20-17-8-6-5-7-15(14)17/h5-10,13,16,19H,3-4,11-12H2,1-2H3. The van der Waals surface area contributed by atoms with Crippen LogP contribution in [0.15, 0.2) is 36.5 Å². The molecule has 0 bridgehead atoms. The number of para-hydroxylation sites is 1. The molecule has 0 saturated heterocycles. The molecule has 108 valence electrons. The van der Waals surface area contributed by atoms with Crippen LogP contribution in [0.4, 0.5) is 0 Å². The van der Waals surface area contributed by atoms with E-state index in [1.54, 1.807) is 0 Å². The monoisotopic (exact) mass is 290 g/mol. The Bertz CT molecular complexity index is 532. The Morgan fingerprint density at radius 3 is 2.65 bits per heavy atom. The van der Waals surface area contributed by atoms with Crippen molar-refractivity contribution in [3.05, 3.63) is 42.1 Å². The third-order valence-electron chi connectivity index (χ3n) is 3.95. The van der Waals surface area contributed by atoms with Gasteiger partial charge in [0.15, 0.2) is 0 Å². The SMILES string of the molecule is CCC(CC)C(Cl)CNCc1ccnc2ccccc12. The van der Waals surface area contributed by atoms with Crippen LogP contribution in [0.5, 0.6) is 0 Å². The smallest absolute Gasteiger partial charge is 0.0705 e. The van der Waals surface area contributed by atoms with Crippen LogP contribution in [0.25, 0.3) is 10.9 Å². The molecular weight excluding hydrogens is 268 g/mol. The summed E-state index contributed by atoms with van der Waals surface area (Å²) in [6, 6.07) is 10.3. The highest BCUT2D eigenvalue weighted by atomic mass is 35.5. The van der Waals surface area contributed by atoms with Crippen molar-refractivity contribution in [1.82, 2.24) is 10.3 Å². The fourth-order valence-electron chi connectivity index (χ4n) is 2.62. The molecule has 1 N–H and O–H groups in total. The van der Waals surface area contributed by atoms with Crippen molar-refractivity contribution in [3.8, 4) is 0 Å². The van der Waals surface area contributed by atoms with Crippen molar-refractivity contribution in [2.24, 2.45) is 5.92 Å². The molecule has 0 amide bonds. The molecule has 0 aliphatic carbocycles. The van der Waals surface area contributed by atoms with Crippen LogP contribution in [-0.4, -0.2) is 16.9 Å². The highest BCUT2D eigenvalue weighted by Gasteiger charge is 2.15. The topological polar surface area (TPSA) is 24.9 Å². The van der Waals surface area contributed by atoms with E-state index in [9.17, 15) is 0 Å². The number of alkyl halides is 1. The number of hydrogen-bond acceptors (Lipinski definition) is 2. The second kappa shape index (κ2) is 7.61. The first-order chi connectivity index (χ1) is 9.76. The van der Waals surface area contributed by atoms with Crippen LogP contribution >= 0.6 is 11.6 Å². The molecule has 0 aliphatic heterocycles. The number of nitrogens with zero attached hydrogens (tertiary/aromatic N) is 1. The Kier molecular flexibility index (Phi) is 5.81. The Balaban J connectivity index is 1.96. The molecule has 3 heteroatoms. The van der Waals surface area contributed by atoms with Gasteiger partial charge >= 0.3 is 0 Å². The van der Waals surface area contributed by atoms with Crippen LogP contribution in [0.2, 0.25) is 0 Å². The van der Waals surface area contributed by atoms with Gasteiger partial charge in [0, 0.05) is 30.0 Å². The van der Waals surface area contributed by atoms with Crippen molar-refractivity contribution >= 4 is 22.5 Å². The molecule has 0 fully saturated rings. The first-order valence-electron chi connectivity index (χ1n) is 7.43. The predicted octanol–water partition coefficient (Wildman–Crippen LogP) is 4.37. The predicted molar refractivity (Wildman–Crippen MR) is 87.2 cm³/mol. The summed E-state index contributed by atoms with van der Waals surface area (Å²) in [5.74, 6) is 0.596. The lowest BCUT2D eigenvalue weighted by atomic mass is 9.99. The molecule has 0 saturated carbocycles. The van der Waals surface area contributed by atoms with Gasteiger partial charge in [0.1, 0.15) is 0 Å². The van der Waals surface area contributed by atoms with E-state index in [1.165, 1.54) is 10.9 Å². The van der Waals surface area contributed by atoms with E-state index in [1.807, 2.05) is 18.3 Å². The summed E-state index contributed by atoms with van der Waals surface area (Å²) in [5, 5.41) is 4.91. The normalized spacial score (nSPS) is 13.0. The van der Waals surface area contributed by atoms with Crippen LogP contribution in [0, 0.1) is 5.92 Å². The largest absolute Gasteiger partial charge is 0.311 e. The molecule has 1 unspecified atom stereocenters. The van der Waals surface area contributed by atoms with Gasteiger partial charge in [0.05, 0.1) is 5.52 Å². The zero-order valence-electron chi connectivity index (χ0n) is 12.3. The van der Waals surface area contributed by atoms with Crippen molar-refractivity contribution in [2.45, 2.75) is 38.6 Å². The quantitative estimate of drug-likeness (QED) is 0.766. The summed E-state index contributed by atoms with van der Waals surface area (Å²) in [6.45, 7) is 6.11. The number of pyridine rings is 1. The third-order valence-corrected chi connectivity index (χ3v) is 4.47. The van der Waals surface area contributed by atoms with Crippen LogP contribution in [0.1, 0.15) is 32.3 Å². The molecule has 1 atom stereocenters. The Hall–Kier alpha value is -1.12. The molecular formula is C17H23ClN2. The second-order valence-corrected chi connectivity index (χ2v) is 5.77. The van der Waals surface area contributed by atoms with Crippen molar-refractivity contribution in [3.63, 3.8) is 0 Å². The maximum atomic E-state index is 6.46. The molecule has 2 rings (SSSR count). The number of halogens is 1. The van der Waals surface area contributed by atoms with Gasteiger partial charge < -0.3 is 5.32 Å². The van der Waals surface area contributed by atoms with Gasteiger partial charge in [-0.25, -0.2) is 0 Å². The average Bonchev–Trinajstić information content (AvgIpc) is 2.49. The molecule has 0 aliphatic rings. The number of fused-ring (bicyclic) bond motifs is 1. The minimum absolute atomic E-state index is 0.207. The maximum absolute atomic E-state index is 6.46. The lowest BCUT2D eigenvalue weighted by Crippen LogP contribution is -2.28. The molecule has 1 aromatic carbocycles. The van der Waals surface area contributed by atoms with Crippen molar-refractivity contribution < 1.29 is 0 Å². The van der Waals surface area contributed by atoms with E-state index >= 15 is 0 Å². The van der Waals surface area contributed by atoms with Crippen LogP contribution in [-0.2, 0) is 6.54 Å². The molecule has 2 aromatic rings. The van der Waals surface area contributed by atoms with Gasteiger partial charge in [-0.1, -0.05) is 44.9 Å². The highest BCUT2D eigenvalue weighted by molar-refractivity contribution is 6.21. The van der Waals surface area contributed by atoms with E-state index in [0.717, 1.165) is 31.4 Å². The van der Waals surface area contributed by atoms with Crippen LogP contribution < -0.4 is 5.32 Å². The zero-order valence-corrected chi connectivity index (χ0v) is 13.0. The van der Waals surface area contributed by atoms with Crippen molar-refractivity contribution in [1.29, 1.82) is 0 Å². The maximum Gasteiger partial charge on any atom is 0.0705 e. The van der Waals surface area contributed by atoms with Crippen molar-refractivity contribution in [2.75, 3.05) is 6.54 Å². The zero-order chi connectivity index (χ0) is 14.4. The summed E-state index contributed by atoms with van der Waals surface area (Å²) < 4.78 is 0. The van der Waals surface area contributed by atoms with Gasteiger partial charge in [-0.2, -0.15) is 0 Å². The van der Waals surface area contributed by atoms with Gasteiger partial charge in [-0.05, 0) is 23.6 Å². The fourth-order valence-corrected chi connectivity index (χ4v) is 3.09. The van der Waals surface area contributed by atoms with E-state index < -0.39 is 0 Å². The molecule has 1 aromatic heterocycles. The number of rotatable bonds is 7. The minimum Gasteiger partial charge on any atom is -0.311 e. The summed E-state index contributed by atoms with van der Waals surface area (Å²) in [4.78, 5) is 4.39. The van der Waals surface area contributed by atoms with E-state index in [-0.39, 0.29) is 5.38 Å². The molecule has 1 heterocycles. The Labute approximate surface area is 126 Å². The summed E-state index contributed by atoms with van der Waals surface area (Å²) in [5.41, 5.74) is 2.33. The first-order valence-corrected chi connectivity index (χ1v) is 7.87. The van der Waals surface area contributed by atoms with E-state index in [2.05, 4.69) is 42.3 Å². The van der Waals surface area contributed by atoms with E-state index in [0.29, 0.717) is 5.92 Å². The van der Waals surface area contributed by atoms with Gasteiger partial charge in [-0.15, -0.1) is 11.6 Å². The molecule has 0 spiro atoms. The lowest BCUT2D eigenvalue weighted by molar-refractivity contribution is 0.446.